The fourth-order valence-electron chi connectivity index (χ4n) is 1.86. The third kappa shape index (κ3) is 3.74. The Morgan fingerprint density at radius 2 is 1.62 bits per heavy atom. The van der Waals surface area contributed by atoms with Gasteiger partial charge in [-0.15, -0.1) is 0 Å². The van der Waals surface area contributed by atoms with Crippen molar-refractivity contribution in [1.29, 1.82) is 0 Å². The second kappa shape index (κ2) is 6.61. The highest BCUT2D eigenvalue weighted by atomic mass is 35.5. The monoisotopic (exact) mass is 322 g/mol. The number of para-hydroxylation sites is 1. The smallest absolute Gasteiger partial charge is 0.250 e. The lowest BCUT2D eigenvalue weighted by molar-refractivity contribution is -0.115. The van der Waals surface area contributed by atoms with E-state index in [1.807, 2.05) is 0 Å². The van der Waals surface area contributed by atoms with Crippen LogP contribution in [0.5, 0.6) is 0 Å². The molecule has 0 aliphatic rings. The molecule has 0 aliphatic carbocycles. The molecule has 4 nitrogen and oxygen atoms in total. The van der Waals surface area contributed by atoms with Gasteiger partial charge in [0.15, 0.2) is 0 Å². The molecule has 0 aromatic heterocycles. The standard InChI is InChI=1S/C15H12Cl2N2O2/c16-11-5-3-6-12(17)10(11)8-14(20)19-13-7-2-1-4-9(13)15(18)21/h1-7H,8H2,(H2,18,21)(H,19,20). The van der Waals surface area contributed by atoms with Crippen LogP contribution in [-0.4, -0.2) is 11.8 Å². The minimum absolute atomic E-state index is 0.00556. The Kier molecular flexibility index (Phi) is 4.83. The number of amides is 2. The fourth-order valence-corrected chi connectivity index (χ4v) is 2.39. The van der Waals surface area contributed by atoms with Crippen LogP contribution in [0, 0.1) is 0 Å². The minimum atomic E-state index is -0.610. The molecule has 0 heterocycles. The van der Waals surface area contributed by atoms with Crippen LogP contribution >= 0.6 is 23.2 Å². The maximum absolute atomic E-state index is 12.1. The number of halogens is 2. The van der Waals surface area contributed by atoms with E-state index in [0.717, 1.165) is 0 Å². The fraction of sp³-hybridized carbons (Fsp3) is 0.0667. The highest BCUT2D eigenvalue weighted by molar-refractivity contribution is 6.36. The predicted octanol–water partition coefficient (Wildman–Crippen LogP) is 3.27. The van der Waals surface area contributed by atoms with Crippen molar-refractivity contribution in [1.82, 2.24) is 0 Å². The largest absolute Gasteiger partial charge is 0.366 e. The Morgan fingerprint density at radius 1 is 1.00 bits per heavy atom. The summed E-state index contributed by atoms with van der Waals surface area (Å²) in [6.07, 6.45) is 0.00556. The number of anilines is 1. The zero-order valence-corrected chi connectivity index (χ0v) is 12.4. The quantitative estimate of drug-likeness (QED) is 0.906. The van der Waals surface area contributed by atoms with Crippen molar-refractivity contribution >= 4 is 40.7 Å². The van der Waals surface area contributed by atoms with Crippen LogP contribution in [0.4, 0.5) is 5.69 Å². The molecule has 0 radical (unpaired) electrons. The van der Waals surface area contributed by atoms with E-state index in [9.17, 15) is 9.59 Å². The molecule has 21 heavy (non-hydrogen) atoms. The number of hydrogen-bond acceptors (Lipinski definition) is 2. The first-order valence-corrected chi connectivity index (χ1v) is 6.86. The molecule has 0 saturated carbocycles. The van der Waals surface area contributed by atoms with Crippen molar-refractivity contribution in [3.05, 3.63) is 63.6 Å². The Bertz CT molecular complexity index is 682. The molecular weight excluding hydrogens is 311 g/mol. The molecule has 0 saturated heterocycles. The zero-order chi connectivity index (χ0) is 15.4. The van der Waals surface area contributed by atoms with E-state index in [2.05, 4.69) is 5.32 Å². The van der Waals surface area contributed by atoms with E-state index in [0.29, 0.717) is 21.3 Å². The predicted molar refractivity (Wildman–Crippen MR) is 83.8 cm³/mol. The Balaban J connectivity index is 2.18. The van der Waals surface area contributed by atoms with Crippen LogP contribution in [0.1, 0.15) is 15.9 Å². The summed E-state index contributed by atoms with van der Waals surface area (Å²) in [6, 6.07) is 11.5. The second-order valence-electron chi connectivity index (χ2n) is 4.33. The van der Waals surface area contributed by atoms with Gasteiger partial charge in [0.25, 0.3) is 5.91 Å². The average Bonchev–Trinajstić information content (AvgIpc) is 2.43. The number of rotatable bonds is 4. The number of carbonyl (C=O) groups is 2. The molecule has 0 fully saturated rings. The number of hydrogen-bond donors (Lipinski definition) is 2. The summed E-state index contributed by atoms with van der Waals surface area (Å²) in [4.78, 5) is 23.4. The first-order valence-electron chi connectivity index (χ1n) is 6.10. The number of carbonyl (C=O) groups excluding carboxylic acids is 2. The molecule has 0 unspecified atom stereocenters. The van der Waals surface area contributed by atoms with Crippen LogP contribution in [-0.2, 0) is 11.2 Å². The number of benzene rings is 2. The van der Waals surface area contributed by atoms with E-state index < -0.39 is 5.91 Å². The lowest BCUT2D eigenvalue weighted by atomic mass is 10.1. The topological polar surface area (TPSA) is 72.2 Å². The Hall–Kier alpha value is -2.04. The van der Waals surface area contributed by atoms with Crippen LogP contribution in [0.15, 0.2) is 42.5 Å². The van der Waals surface area contributed by atoms with Gasteiger partial charge in [-0.25, -0.2) is 0 Å². The highest BCUT2D eigenvalue weighted by Crippen LogP contribution is 2.25. The maximum atomic E-state index is 12.1. The van der Waals surface area contributed by atoms with Crippen molar-refractivity contribution in [3.63, 3.8) is 0 Å². The van der Waals surface area contributed by atoms with Gasteiger partial charge in [-0.2, -0.15) is 0 Å². The SMILES string of the molecule is NC(=O)c1ccccc1NC(=O)Cc1c(Cl)cccc1Cl. The molecule has 2 aromatic rings. The molecule has 6 heteroatoms. The summed E-state index contributed by atoms with van der Waals surface area (Å²) in [5, 5.41) is 3.47. The Morgan fingerprint density at radius 3 is 2.24 bits per heavy atom. The van der Waals surface area contributed by atoms with E-state index in [1.54, 1.807) is 42.5 Å². The first-order chi connectivity index (χ1) is 9.99. The summed E-state index contributed by atoms with van der Waals surface area (Å²) < 4.78 is 0. The molecule has 108 valence electrons. The third-order valence-corrected chi connectivity index (χ3v) is 3.57. The van der Waals surface area contributed by atoms with Crippen LogP contribution in [0.3, 0.4) is 0 Å². The molecule has 2 aromatic carbocycles. The maximum Gasteiger partial charge on any atom is 0.250 e. The normalized spacial score (nSPS) is 10.2. The summed E-state index contributed by atoms with van der Waals surface area (Å²) >= 11 is 12.0. The molecule has 3 N–H and O–H groups in total. The molecule has 2 rings (SSSR count). The molecule has 0 spiro atoms. The minimum Gasteiger partial charge on any atom is -0.366 e. The third-order valence-electron chi connectivity index (χ3n) is 2.87. The molecule has 0 bridgehead atoms. The average molecular weight is 323 g/mol. The van der Waals surface area contributed by atoms with Gasteiger partial charge in [0.05, 0.1) is 17.7 Å². The van der Waals surface area contributed by atoms with Crippen LogP contribution in [0.25, 0.3) is 0 Å². The van der Waals surface area contributed by atoms with Gasteiger partial charge >= 0.3 is 0 Å². The van der Waals surface area contributed by atoms with Crippen molar-refractivity contribution in [2.24, 2.45) is 5.73 Å². The van der Waals surface area contributed by atoms with Gasteiger partial charge in [-0.1, -0.05) is 41.4 Å². The van der Waals surface area contributed by atoms with E-state index in [4.69, 9.17) is 28.9 Å². The van der Waals surface area contributed by atoms with E-state index in [1.165, 1.54) is 0 Å². The molecule has 0 atom stereocenters. The van der Waals surface area contributed by atoms with Gasteiger partial charge in [0, 0.05) is 10.0 Å². The highest BCUT2D eigenvalue weighted by Gasteiger charge is 2.13. The van der Waals surface area contributed by atoms with Gasteiger partial charge in [0.2, 0.25) is 5.91 Å². The van der Waals surface area contributed by atoms with Gasteiger partial charge < -0.3 is 11.1 Å². The van der Waals surface area contributed by atoms with Gasteiger partial charge in [-0.3, -0.25) is 9.59 Å². The Labute approximate surface area is 131 Å². The van der Waals surface area contributed by atoms with Crippen molar-refractivity contribution in [2.45, 2.75) is 6.42 Å². The number of primary amides is 1. The zero-order valence-electron chi connectivity index (χ0n) is 10.9. The lowest BCUT2D eigenvalue weighted by Crippen LogP contribution is -2.19. The second-order valence-corrected chi connectivity index (χ2v) is 5.15. The van der Waals surface area contributed by atoms with Crippen molar-refractivity contribution in [2.75, 3.05) is 5.32 Å². The van der Waals surface area contributed by atoms with E-state index in [-0.39, 0.29) is 17.9 Å². The first kappa shape index (κ1) is 15.4. The summed E-state index contributed by atoms with van der Waals surface area (Å²) in [5.74, 6) is -0.944. The van der Waals surface area contributed by atoms with Crippen LogP contribution < -0.4 is 11.1 Å². The van der Waals surface area contributed by atoms with Crippen molar-refractivity contribution in [3.8, 4) is 0 Å². The van der Waals surface area contributed by atoms with Crippen molar-refractivity contribution < 1.29 is 9.59 Å². The van der Waals surface area contributed by atoms with Gasteiger partial charge in [0.1, 0.15) is 0 Å². The summed E-state index contributed by atoms with van der Waals surface area (Å²) in [5.41, 5.74) is 6.40. The summed E-state index contributed by atoms with van der Waals surface area (Å²) in [6.45, 7) is 0. The van der Waals surface area contributed by atoms with Gasteiger partial charge in [-0.05, 0) is 29.8 Å². The molecule has 0 aliphatic heterocycles. The molecule has 2 amide bonds. The molecular formula is C15H12Cl2N2O2. The van der Waals surface area contributed by atoms with E-state index >= 15 is 0 Å². The lowest BCUT2D eigenvalue weighted by Gasteiger charge is -2.10. The van der Waals surface area contributed by atoms with Crippen LogP contribution in [0.2, 0.25) is 10.0 Å². The number of nitrogens with two attached hydrogens (primary N) is 1. The summed E-state index contributed by atoms with van der Waals surface area (Å²) in [7, 11) is 0. The number of nitrogens with one attached hydrogen (secondary N) is 1.